The van der Waals surface area contributed by atoms with Crippen molar-refractivity contribution in [3.63, 3.8) is 0 Å². The first-order chi connectivity index (χ1) is 16.8. The second-order valence-electron chi connectivity index (χ2n) is 8.81. The molecular weight excluding hydrogens is 416 g/mol. The third-order valence-corrected chi connectivity index (χ3v) is 5.98. The normalized spacial score (nSPS) is 12.4. The van der Waals surface area contributed by atoms with Crippen LogP contribution in [0.5, 0.6) is 5.75 Å². The zero-order valence-electron chi connectivity index (χ0n) is 21.5. The quantitative estimate of drug-likeness (QED) is 0.162. The molecule has 1 aromatic carbocycles. The van der Waals surface area contributed by atoms with Crippen molar-refractivity contribution < 1.29 is 4.74 Å². The molecule has 1 heterocycles. The van der Waals surface area contributed by atoms with E-state index >= 15 is 0 Å². The number of aromatic nitrogens is 1. The van der Waals surface area contributed by atoms with E-state index < -0.39 is 0 Å². The summed E-state index contributed by atoms with van der Waals surface area (Å²) in [6.45, 7) is 4.34. The molecule has 186 valence electrons. The molecule has 0 radical (unpaired) electrons. The van der Waals surface area contributed by atoms with Gasteiger partial charge in [0.1, 0.15) is 5.75 Å². The zero-order chi connectivity index (χ0) is 24.1. The molecule has 34 heavy (non-hydrogen) atoms. The van der Waals surface area contributed by atoms with Crippen molar-refractivity contribution in [1.29, 1.82) is 0 Å². The smallest absolute Gasteiger partial charge is 0.119 e. The van der Waals surface area contributed by atoms with Crippen LogP contribution in [0.2, 0.25) is 0 Å². The van der Waals surface area contributed by atoms with Gasteiger partial charge in [0.05, 0.1) is 7.11 Å². The monoisotopic (exact) mass is 462 g/mol. The van der Waals surface area contributed by atoms with Crippen LogP contribution in [0.4, 0.5) is 0 Å². The third kappa shape index (κ3) is 12.1. The molecule has 0 aliphatic rings. The van der Waals surface area contributed by atoms with E-state index in [2.05, 4.69) is 84.2 Å². The Hall–Kier alpha value is -2.52. The van der Waals surface area contributed by atoms with Crippen LogP contribution < -0.4 is 10.1 Å². The minimum atomic E-state index is 0.915. The summed E-state index contributed by atoms with van der Waals surface area (Å²) in [4.78, 5) is 3.35. The maximum absolute atomic E-state index is 5.35. The average Bonchev–Trinajstić information content (AvgIpc) is 3.27. The van der Waals surface area contributed by atoms with E-state index in [-0.39, 0.29) is 0 Å². The Kier molecular flexibility index (Phi) is 15.4. The molecule has 2 aromatic rings. The lowest BCUT2D eigenvalue weighted by molar-refractivity contribution is 0.415. The summed E-state index contributed by atoms with van der Waals surface area (Å²) in [5.41, 5.74) is 2.53. The van der Waals surface area contributed by atoms with Crippen LogP contribution in [0.3, 0.4) is 0 Å². The molecule has 0 atom stereocenters. The number of aromatic amines is 1. The van der Waals surface area contributed by atoms with Gasteiger partial charge in [-0.1, -0.05) is 68.4 Å². The van der Waals surface area contributed by atoms with E-state index in [1.54, 1.807) is 7.11 Å². The lowest BCUT2D eigenvalue weighted by atomic mass is 10.1. The van der Waals surface area contributed by atoms with Crippen LogP contribution in [-0.2, 0) is 6.42 Å². The Labute approximate surface area is 208 Å². The maximum atomic E-state index is 5.35. The molecule has 2 rings (SSSR count). The number of hydrogen-bond donors (Lipinski definition) is 2. The van der Waals surface area contributed by atoms with Crippen LogP contribution in [-0.4, -0.2) is 25.2 Å². The number of methoxy groups -OCH3 is 1. The van der Waals surface area contributed by atoms with Crippen LogP contribution in [0.1, 0.15) is 76.7 Å². The first kappa shape index (κ1) is 27.7. The summed E-state index contributed by atoms with van der Waals surface area (Å²) < 4.78 is 5.35. The van der Waals surface area contributed by atoms with Crippen molar-refractivity contribution in [2.75, 3.05) is 20.2 Å². The third-order valence-electron chi connectivity index (χ3n) is 5.98. The molecule has 0 amide bonds. The fraction of sp³-hybridized carbons (Fsp3) is 0.484. The molecule has 0 fully saturated rings. The molecule has 0 saturated carbocycles. The summed E-state index contributed by atoms with van der Waals surface area (Å²) in [5.74, 6) is 0.915. The SMILES string of the molecule is CCCCC/C=C\C/C=C\C/C=C\C/C=C\CCCCNCCc1c[nH]c2ccc(OC)cc12. The fourth-order valence-electron chi connectivity index (χ4n) is 3.91. The van der Waals surface area contributed by atoms with Gasteiger partial charge in [-0.05, 0) is 94.6 Å². The van der Waals surface area contributed by atoms with Gasteiger partial charge in [-0.3, -0.25) is 0 Å². The molecule has 2 N–H and O–H groups in total. The summed E-state index contributed by atoms with van der Waals surface area (Å²) in [6, 6.07) is 6.20. The second kappa shape index (κ2) is 18.9. The lowest BCUT2D eigenvalue weighted by Gasteiger charge is -2.04. The lowest BCUT2D eigenvalue weighted by Crippen LogP contribution is -2.18. The van der Waals surface area contributed by atoms with Crippen molar-refractivity contribution in [1.82, 2.24) is 10.3 Å². The Bertz CT molecular complexity index is 888. The van der Waals surface area contributed by atoms with E-state index in [0.29, 0.717) is 0 Å². The highest BCUT2D eigenvalue weighted by Gasteiger charge is 2.04. The number of rotatable bonds is 19. The summed E-state index contributed by atoms with van der Waals surface area (Å²) in [7, 11) is 1.72. The first-order valence-corrected chi connectivity index (χ1v) is 13.3. The van der Waals surface area contributed by atoms with Gasteiger partial charge in [0.2, 0.25) is 0 Å². The molecule has 1 aromatic heterocycles. The highest BCUT2D eigenvalue weighted by molar-refractivity contribution is 5.84. The van der Waals surface area contributed by atoms with Gasteiger partial charge in [0.15, 0.2) is 0 Å². The Morgan fingerprint density at radius 1 is 0.794 bits per heavy atom. The van der Waals surface area contributed by atoms with Gasteiger partial charge in [-0.25, -0.2) is 0 Å². The van der Waals surface area contributed by atoms with E-state index in [4.69, 9.17) is 4.74 Å². The van der Waals surface area contributed by atoms with Gasteiger partial charge in [-0.15, -0.1) is 0 Å². The summed E-state index contributed by atoms with van der Waals surface area (Å²) in [5, 5.41) is 4.85. The van der Waals surface area contributed by atoms with Crippen molar-refractivity contribution in [3.8, 4) is 5.75 Å². The zero-order valence-corrected chi connectivity index (χ0v) is 21.5. The minimum Gasteiger partial charge on any atom is -0.497 e. The molecule has 0 spiro atoms. The van der Waals surface area contributed by atoms with Crippen LogP contribution >= 0.6 is 0 Å². The van der Waals surface area contributed by atoms with Crippen molar-refractivity contribution >= 4 is 10.9 Å². The highest BCUT2D eigenvalue weighted by Crippen LogP contribution is 2.23. The fourth-order valence-corrected chi connectivity index (χ4v) is 3.91. The average molecular weight is 463 g/mol. The largest absolute Gasteiger partial charge is 0.497 e. The number of fused-ring (bicyclic) bond motifs is 1. The van der Waals surface area contributed by atoms with Crippen molar-refractivity contribution in [2.24, 2.45) is 0 Å². The Morgan fingerprint density at radius 3 is 2.09 bits per heavy atom. The number of benzene rings is 1. The number of unbranched alkanes of at least 4 members (excludes halogenated alkanes) is 5. The molecule has 0 saturated heterocycles. The standard InChI is InChI=1S/C31H46N2O/c1-3-4-5-6-7-8-9-10-11-12-13-14-15-16-17-18-19-20-24-32-25-23-28-27-33-31-22-21-29(34-2)26-30(28)31/h7-8,10-11,13-14,16-17,21-22,26-27,32-33H,3-6,9,12,15,18-20,23-25H2,1-2H3/b8-7-,11-10-,14-13-,17-16-. The van der Waals surface area contributed by atoms with Gasteiger partial charge in [0.25, 0.3) is 0 Å². The van der Waals surface area contributed by atoms with Crippen molar-refractivity contribution in [3.05, 3.63) is 78.6 Å². The predicted molar refractivity (Wildman–Crippen MR) is 150 cm³/mol. The minimum absolute atomic E-state index is 0.915. The van der Waals surface area contributed by atoms with E-state index in [1.165, 1.54) is 61.4 Å². The molecule has 3 nitrogen and oxygen atoms in total. The number of hydrogen-bond acceptors (Lipinski definition) is 2. The van der Waals surface area contributed by atoms with Gasteiger partial charge in [-0.2, -0.15) is 0 Å². The van der Waals surface area contributed by atoms with E-state index in [9.17, 15) is 0 Å². The molecule has 0 aliphatic heterocycles. The van der Waals surface area contributed by atoms with E-state index in [0.717, 1.165) is 44.5 Å². The highest BCUT2D eigenvalue weighted by atomic mass is 16.5. The number of nitrogens with one attached hydrogen (secondary N) is 2. The first-order valence-electron chi connectivity index (χ1n) is 13.3. The molecule has 0 unspecified atom stereocenters. The van der Waals surface area contributed by atoms with Crippen LogP contribution in [0.25, 0.3) is 10.9 Å². The second-order valence-corrected chi connectivity index (χ2v) is 8.81. The Morgan fingerprint density at radius 2 is 1.44 bits per heavy atom. The van der Waals surface area contributed by atoms with Crippen molar-refractivity contribution in [2.45, 2.75) is 77.6 Å². The number of allylic oxidation sites excluding steroid dienone is 8. The molecular formula is C31H46N2O. The number of ether oxygens (including phenoxy) is 1. The van der Waals surface area contributed by atoms with Crippen LogP contribution in [0, 0.1) is 0 Å². The number of H-pyrrole nitrogens is 1. The van der Waals surface area contributed by atoms with E-state index in [1.807, 2.05) is 6.07 Å². The topological polar surface area (TPSA) is 37.0 Å². The van der Waals surface area contributed by atoms with Gasteiger partial charge < -0.3 is 15.0 Å². The summed E-state index contributed by atoms with van der Waals surface area (Å²) >= 11 is 0. The molecule has 0 bridgehead atoms. The molecule has 3 heteroatoms. The Balaban J connectivity index is 1.42. The van der Waals surface area contributed by atoms with Crippen LogP contribution in [0.15, 0.2) is 73.0 Å². The predicted octanol–water partition coefficient (Wildman–Crippen LogP) is 8.45. The van der Waals surface area contributed by atoms with Gasteiger partial charge in [0, 0.05) is 17.1 Å². The maximum Gasteiger partial charge on any atom is 0.119 e. The van der Waals surface area contributed by atoms with Gasteiger partial charge >= 0.3 is 0 Å². The molecule has 0 aliphatic carbocycles. The summed E-state index contributed by atoms with van der Waals surface area (Å²) in [6.07, 6.45) is 33.4.